The minimum atomic E-state index is -2.10. The Labute approximate surface area is 840 Å². The summed E-state index contributed by atoms with van der Waals surface area (Å²) in [7, 11) is -8.42. The van der Waals surface area contributed by atoms with Gasteiger partial charge in [-0.25, -0.2) is 0 Å². The highest BCUT2D eigenvalue weighted by molar-refractivity contribution is 6.92. The van der Waals surface area contributed by atoms with E-state index in [1.165, 1.54) is 133 Å². The molecule has 0 amide bonds. The lowest BCUT2D eigenvalue weighted by atomic mass is 9.51. The van der Waals surface area contributed by atoms with Crippen LogP contribution in [0.1, 0.15) is 369 Å². The zero-order chi connectivity index (χ0) is 97.9. The van der Waals surface area contributed by atoms with Crippen LogP contribution in [0.5, 0.6) is 0 Å². The van der Waals surface area contributed by atoms with Crippen molar-refractivity contribution < 1.29 is 0 Å². The summed E-state index contributed by atoms with van der Waals surface area (Å²) in [5, 5.41) is 9.41. The van der Waals surface area contributed by atoms with Crippen LogP contribution >= 0.6 is 0 Å². The van der Waals surface area contributed by atoms with Gasteiger partial charge in [-0.2, -0.15) is 0 Å². The minimum absolute atomic E-state index is 0.0237. The van der Waals surface area contributed by atoms with Crippen LogP contribution in [-0.2, 0) is 0 Å². The number of hydrogen-bond acceptors (Lipinski definition) is 0. The Morgan fingerprint density at radius 2 is 0.329 bits per heavy atom. The molecule has 140 heavy (non-hydrogen) atoms. The van der Waals surface area contributed by atoms with Gasteiger partial charge in [-0.3, -0.25) is 0 Å². The second-order valence-electron chi connectivity index (χ2n) is 45.7. The van der Waals surface area contributed by atoms with Crippen molar-refractivity contribution in [1.29, 1.82) is 0 Å². The molecule has 0 radical (unpaired) electrons. The number of hydrogen-bond donors (Lipinski definition) is 0. The topological polar surface area (TPSA) is 0 Å². The zero-order valence-corrected chi connectivity index (χ0v) is 90.6. The lowest BCUT2D eigenvalue weighted by Crippen LogP contribution is -2.43. The van der Waals surface area contributed by atoms with E-state index >= 15 is 0 Å². The molecule has 0 spiro atoms. The molecule has 0 aliphatic heterocycles. The van der Waals surface area contributed by atoms with Crippen molar-refractivity contribution in [3.05, 3.63) is 398 Å². The van der Waals surface area contributed by atoms with E-state index in [9.17, 15) is 0 Å². The van der Waals surface area contributed by atoms with E-state index < -0.39 is 32.3 Å². The average Bonchev–Trinajstić information content (AvgIpc) is 0.705. The molecular weight excluding hydrogens is 1750 g/mol. The molecule has 8 atom stereocenters. The summed E-state index contributed by atoms with van der Waals surface area (Å²) in [6.45, 7) is 58.4. The molecule has 0 fully saturated rings. The third kappa shape index (κ3) is 14.4. The summed E-state index contributed by atoms with van der Waals surface area (Å²) in [5.74, 6) is 47.2. The lowest BCUT2D eigenvalue weighted by Gasteiger charge is -2.51. The van der Waals surface area contributed by atoms with E-state index in [2.05, 4.69) is 502 Å². The Balaban J connectivity index is 0.000000166. The molecule has 14 aromatic carbocycles. The molecule has 692 valence electrons. The molecule has 0 heterocycles. The first-order valence-corrected chi connectivity index (χ1v) is 61.4. The lowest BCUT2D eigenvalue weighted by molar-refractivity contribution is 0.526. The largest absolute Gasteiger partial charge is 0.146 e. The molecule has 16 bridgehead atoms. The Kier molecular flexibility index (Phi) is 24.0. The van der Waals surface area contributed by atoms with Crippen LogP contribution in [-0.4, -0.2) is 32.3 Å². The highest BCUT2D eigenvalue weighted by Gasteiger charge is 2.56. The average molecular weight is 1880 g/mol. The van der Waals surface area contributed by atoms with Crippen LogP contribution in [0.15, 0.2) is 243 Å². The summed E-state index contributed by atoms with van der Waals surface area (Å²) >= 11 is 0. The molecule has 4 heteroatoms. The van der Waals surface area contributed by atoms with Gasteiger partial charge < -0.3 is 0 Å². The maximum Gasteiger partial charge on any atom is 0.146 e. The quantitative estimate of drug-likeness (QED) is 0.0650. The molecule has 0 N–H and O–H groups in total. The van der Waals surface area contributed by atoms with Crippen LogP contribution in [0.2, 0.25) is 66.5 Å². The second-order valence-corrected chi connectivity index (χ2v) is 68.0. The SMILES string of the molecule is CC(C)[Si](C#Cc1cccc2c1[C@@H]1c3c4cccc3[C@H]2[C@@H]2c3cccc(c3[C@H]1c1c(C#C[Si](C(C)C)(C(C)C)C(C)C)cccc12)C#Cc1cccc2cc3cccc(c3cc12)C#C4)(C(C)C)C(C)C.CC(C)[Si](C#Cc1cccc2c1[C@H]1c3c4cccc3[C@@H]2[C@H]2c3cccc(c3[C@@H]1c1c(C#C[Si](C(C)C)(C(C)C)C(C)C)cccc12)C#Cc1cccc2cc3cccc(c3cc12)C#C4)(C(C)C)C(C)C. The Morgan fingerprint density at radius 1 is 0.171 bits per heavy atom. The number of rotatable bonds is 12. The molecule has 0 aromatic heterocycles. The predicted octanol–water partition coefficient (Wildman–Crippen LogP) is 34.2. The van der Waals surface area contributed by atoms with Crippen molar-refractivity contribution in [2.24, 2.45) is 0 Å². The normalized spacial score (nSPS) is 18.0. The fourth-order valence-corrected chi connectivity index (χ4v) is 50.9. The van der Waals surface area contributed by atoms with E-state index in [1.54, 1.807) is 0 Å². The van der Waals surface area contributed by atoms with Gasteiger partial charge in [-0.05, 0) is 296 Å². The fourth-order valence-electron chi connectivity index (χ4n) is 30.0. The Hall–Kier alpha value is -12.5. The summed E-state index contributed by atoms with van der Waals surface area (Å²) in [6, 6.07) is 92.2. The second kappa shape index (κ2) is 35.9. The van der Waals surface area contributed by atoms with Crippen molar-refractivity contribution in [3.63, 3.8) is 0 Å². The van der Waals surface area contributed by atoms with Crippen molar-refractivity contribution >= 4 is 75.4 Å². The van der Waals surface area contributed by atoms with Gasteiger partial charge in [0.15, 0.2) is 0 Å². The summed E-state index contributed by atoms with van der Waals surface area (Å²) < 4.78 is 0. The summed E-state index contributed by atoms with van der Waals surface area (Å²) in [5.41, 5.74) is 58.7. The highest BCUT2D eigenvalue weighted by atomic mass is 28.3. The Morgan fingerprint density at radius 3 is 0.514 bits per heavy atom. The molecule has 14 aliphatic carbocycles. The summed E-state index contributed by atoms with van der Waals surface area (Å²) in [4.78, 5) is 0. The predicted molar refractivity (Wildman–Crippen MR) is 605 cm³/mol. The van der Waals surface area contributed by atoms with Gasteiger partial charge in [0.1, 0.15) is 32.3 Å². The van der Waals surface area contributed by atoms with Crippen molar-refractivity contribution in [2.45, 2.75) is 280 Å². The highest BCUT2D eigenvalue weighted by Crippen LogP contribution is 2.69. The Bertz CT molecular complexity index is 7090. The van der Waals surface area contributed by atoms with Crippen molar-refractivity contribution in [3.8, 4) is 93.2 Å². The van der Waals surface area contributed by atoms with E-state index in [-0.39, 0.29) is 47.3 Å². The van der Waals surface area contributed by atoms with Crippen LogP contribution in [0.4, 0.5) is 0 Å². The van der Waals surface area contributed by atoms with E-state index in [4.69, 9.17) is 0 Å². The number of benzene rings is 14. The van der Waals surface area contributed by atoms with E-state index in [1.807, 2.05) is 0 Å². The first-order chi connectivity index (χ1) is 67.4. The van der Waals surface area contributed by atoms with Crippen LogP contribution < -0.4 is 0 Å². The first kappa shape index (κ1) is 93.7. The first-order valence-electron chi connectivity index (χ1n) is 52.5. The molecular formula is C136H132Si4. The third-order valence-electron chi connectivity index (χ3n) is 35.8. The fraction of sp³-hybridized carbons (Fsp3) is 0.324. The molecule has 0 saturated carbocycles. The molecule has 0 nitrogen and oxygen atoms in total. The van der Waals surface area contributed by atoms with Crippen molar-refractivity contribution in [2.75, 3.05) is 0 Å². The van der Waals surface area contributed by atoms with Gasteiger partial charge in [0.2, 0.25) is 0 Å². The van der Waals surface area contributed by atoms with Gasteiger partial charge in [0.25, 0.3) is 0 Å². The maximum atomic E-state index is 4.23. The van der Waals surface area contributed by atoms with E-state index in [0.29, 0.717) is 66.5 Å². The summed E-state index contributed by atoms with van der Waals surface area (Å²) in [6.07, 6.45) is 0. The molecule has 14 aliphatic rings. The minimum Gasteiger partial charge on any atom is -0.125 e. The molecule has 0 unspecified atom stereocenters. The van der Waals surface area contributed by atoms with Crippen molar-refractivity contribution in [1.82, 2.24) is 0 Å². The van der Waals surface area contributed by atoms with E-state index in [0.717, 1.165) is 66.1 Å². The smallest absolute Gasteiger partial charge is 0.125 e. The van der Waals surface area contributed by atoms with Gasteiger partial charge in [-0.1, -0.05) is 383 Å². The molecule has 28 rings (SSSR count). The standard InChI is InChI=1S/2C68H66Si2/c2*1-41(2)69(42(3)4,43(5)6)37-35-51-23-17-29-57-63(51)67-61-49-21-15-27-55(61)65(57)66-56-28-16-22-50(34-32-48-20-14-26-54-39-53-25-13-19-47(31-33-49)59(53)40-60(48)54)62(56)68(67)64-52(24-18-30-58(64)66)36-38-70(44(7)8,45(9)10)46(11)12/h2*13-30,39-46,65-68H,1-12H3/t2*65-,66-,67+,68+/m10/s1. The van der Waals surface area contributed by atoms with Gasteiger partial charge in [0.05, 0.1) is 0 Å². The zero-order valence-electron chi connectivity index (χ0n) is 86.6. The monoisotopic (exact) mass is 1880 g/mol. The van der Waals surface area contributed by atoms with Gasteiger partial charge in [0, 0.05) is 114 Å². The van der Waals surface area contributed by atoms with Gasteiger partial charge >= 0.3 is 0 Å². The third-order valence-corrected chi connectivity index (χ3v) is 61.0. The van der Waals surface area contributed by atoms with Gasteiger partial charge in [-0.15, -0.1) is 22.2 Å². The van der Waals surface area contributed by atoms with Crippen LogP contribution in [0, 0.1) is 93.2 Å². The van der Waals surface area contributed by atoms with Crippen LogP contribution in [0.25, 0.3) is 43.1 Å². The molecule has 14 aromatic rings. The molecule has 0 saturated heterocycles. The maximum absolute atomic E-state index is 4.23. The van der Waals surface area contributed by atoms with Crippen LogP contribution in [0.3, 0.4) is 0 Å².